The van der Waals surface area contributed by atoms with Crippen molar-refractivity contribution in [2.24, 2.45) is 5.92 Å². The van der Waals surface area contributed by atoms with Gasteiger partial charge in [0.2, 0.25) is 0 Å². The summed E-state index contributed by atoms with van der Waals surface area (Å²) in [5.41, 5.74) is 1.20. The van der Waals surface area contributed by atoms with Gasteiger partial charge in [-0.3, -0.25) is 0 Å². The molecule has 0 atom stereocenters. The van der Waals surface area contributed by atoms with E-state index in [0.29, 0.717) is 6.10 Å². The van der Waals surface area contributed by atoms with E-state index < -0.39 is 0 Å². The largest absolute Gasteiger partial charge is 0.493 e. The minimum atomic E-state index is 0.366. The fraction of sp³-hybridized carbons (Fsp3) is 0.647. The van der Waals surface area contributed by atoms with E-state index in [-0.39, 0.29) is 0 Å². The van der Waals surface area contributed by atoms with Crippen molar-refractivity contribution in [1.82, 2.24) is 0 Å². The lowest BCUT2D eigenvalue weighted by atomic mass is 9.89. The van der Waals surface area contributed by atoms with E-state index in [2.05, 4.69) is 35.8 Å². The van der Waals surface area contributed by atoms with Crippen LogP contribution in [0.1, 0.15) is 51.5 Å². The Kier molecular flexibility index (Phi) is 6.21. The second kappa shape index (κ2) is 7.92. The third kappa shape index (κ3) is 4.41. The van der Waals surface area contributed by atoms with E-state index in [0.717, 1.165) is 35.8 Å². The quantitative estimate of drug-likeness (QED) is 0.651. The van der Waals surface area contributed by atoms with Gasteiger partial charge in [0, 0.05) is 17.0 Å². The molecule has 1 aliphatic rings. The van der Waals surface area contributed by atoms with Crippen LogP contribution in [0.5, 0.6) is 11.5 Å². The standard InChI is InChI=1S/C17H25BrO2/c1-3-10-19-16-9-6-14(12-18)17(11-16)20-15-7-4-13(2)5-8-15/h6,9,11,13,15H,3-5,7-8,10,12H2,1-2H3. The molecule has 0 aromatic heterocycles. The van der Waals surface area contributed by atoms with E-state index in [4.69, 9.17) is 9.47 Å². The summed E-state index contributed by atoms with van der Waals surface area (Å²) >= 11 is 3.54. The van der Waals surface area contributed by atoms with Crippen LogP contribution in [-0.2, 0) is 5.33 Å². The van der Waals surface area contributed by atoms with Crippen LogP contribution in [-0.4, -0.2) is 12.7 Å². The van der Waals surface area contributed by atoms with Crippen molar-refractivity contribution in [3.05, 3.63) is 23.8 Å². The highest BCUT2D eigenvalue weighted by Gasteiger charge is 2.20. The molecule has 1 aromatic carbocycles. The van der Waals surface area contributed by atoms with Crippen LogP contribution < -0.4 is 9.47 Å². The Morgan fingerprint density at radius 2 is 1.95 bits per heavy atom. The molecule has 0 bridgehead atoms. The minimum absolute atomic E-state index is 0.366. The zero-order chi connectivity index (χ0) is 14.4. The van der Waals surface area contributed by atoms with Gasteiger partial charge >= 0.3 is 0 Å². The Hall–Kier alpha value is -0.700. The second-order valence-corrected chi connectivity index (χ2v) is 6.31. The predicted molar refractivity (Wildman–Crippen MR) is 86.9 cm³/mol. The van der Waals surface area contributed by atoms with Crippen LogP contribution >= 0.6 is 15.9 Å². The second-order valence-electron chi connectivity index (χ2n) is 5.75. The Balaban J connectivity index is 2.03. The van der Waals surface area contributed by atoms with E-state index in [1.165, 1.54) is 31.2 Å². The first-order valence-electron chi connectivity index (χ1n) is 7.71. The molecule has 0 aliphatic heterocycles. The summed E-state index contributed by atoms with van der Waals surface area (Å²) in [5.74, 6) is 2.75. The summed E-state index contributed by atoms with van der Waals surface area (Å²) in [4.78, 5) is 0. The molecule has 1 aliphatic carbocycles. The van der Waals surface area contributed by atoms with Crippen molar-refractivity contribution in [1.29, 1.82) is 0 Å². The predicted octanol–water partition coefficient (Wildman–Crippen LogP) is 5.33. The van der Waals surface area contributed by atoms with Gasteiger partial charge in [0.05, 0.1) is 12.7 Å². The van der Waals surface area contributed by atoms with E-state index in [1.54, 1.807) is 0 Å². The van der Waals surface area contributed by atoms with Crippen molar-refractivity contribution >= 4 is 15.9 Å². The maximum atomic E-state index is 6.24. The van der Waals surface area contributed by atoms with Gasteiger partial charge in [0.1, 0.15) is 11.5 Å². The number of ether oxygens (including phenoxy) is 2. The summed E-state index contributed by atoms with van der Waals surface area (Å²) in [5, 5.41) is 0.819. The van der Waals surface area contributed by atoms with Crippen molar-refractivity contribution in [2.75, 3.05) is 6.61 Å². The molecule has 2 nitrogen and oxygen atoms in total. The first-order valence-corrected chi connectivity index (χ1v) is 8.83. The van der Waals surface area contributed by atoms with Gasteiger partial charge in [-0.15, -0.1) is 0 Å². The zero-order valence-corrected chi connectivity index (χ0v) is 14.1. The van der Waals surface area contributed by atoms with Crippen molar-refractivity contribution in [3.63, 3.8) is 0 Å². The third-order valence-electron chi connectivity index (χ3n) is 3.91. The van der Waals surface area contributed by atoms with Gasteiger partial charge in [0.25, 0.3) is 0 Å². The molecule has 3 heteroatoms. The van der Waals surface area contributed by atoms with Crippen LogP contribution in [0, 0.1) is 5.92 Å². The van der Waals surface area contributed by atoms with Gasteiger partial charge in [-0.1, -0.05) is 35.8 Å². The molecule has 0 unspecified atom stereocenters. The molecule has 1 saturated carbocycles. The smallest absolute Gasteiger partial charge is 0.127 e. The van der Waals surface area contributed by atoms with Crippen LogP contribution in [0.25, 0.3) is 0 Å². The Morgan fingerprint density at radius 1 is 1.20 bits per heavy atom. The molecule has 2 rings (SSSR count). The molecule has 1 fully saturated rings. The number of benzene rings is 1. The summed E-state index contributed by atoms with van der Waals surface area (Å²) in [7, 11) is 0. The van der Waals surface area contributed by atoms with E-state index >= 15 is 0 Å². The molecule has 0 spiro atoms. The number of hydrogen-bond acceptors (Lipinski definition) is 2. The van der Waals surface area contributed by atoms with Gasteiger partial charge in [-0.2, -0.15) is 0 Å². The van der Waals surface area contributed by atoms with E-state index in [9.17, 15) is 0 Å². The van der Waals surface area contributed by atoms with Crippen LogP contribution in [0.4, 0.5) is 0 Å². The molecule has 20 heavy (non-hydrogen) atoms. The first kappa shape index (κ1) is 15.7. The SMILES string of the molecule is CCCOc1ccc(CBr)c(OC2CCC(C)CC2)c1. The van der Waals surface area contributed by atoms with Gasteiger partial charge in [-0.25, -0.2) is 0 Å². The summed E-state index contributed by atoms with van der Waals surface area (Å²) < 4.78 is 11.9. The summed E-state index contributed by atoms with van der Waals surface area (Å²) in [6.07, 6.45) is 6.29. The van der Waals surface area contributed by atoms with Crippen LogP contribution in [0.3, 0.4) is 0 Å². The highest BCUT2D eigenvalue weighted by Crippen LogP contribution is 2.32. The van der Waals surface area contributed by atoms with Crippen molar-refractivity contribution in [2.45, 2.75) is 57.4 Å². The molecular formula is C17H25BrO2. The summed E-state index contributed by atoms with van der Waals surface area (Å²) in [6.45, 7) is 5.21. The first-order chi connectivity index (χ1) is 9.72. The van der Waals surface area contributed by atoms with Crippen molar-refractivity contribution < 1.29 is 9.47 Å². The molecule has 0 saturated heterocycles. The lowest BCUT2D eigenvalue weighted by Crippen LogP contribution is -2.23. The maximum Gasteiger partial charge on any atom is 0.127 e. The molecular weight excluding hydrogens is 316 g/mol. The Labute approximate surface area is 131 Å². The molecule has 0 N–H and O–H groups in total. The number of halogens is 1. The number of hydrogen-bond donors (Lipinski definition) is 0. The van der Waals surface area contributed by atoms with E-state index in [1.807, 2.05) is 12.1 Å². The van der Waals surface area contributed by atoms with Gasteiger partial charge in [-0.05, 0) is 44.1 Å². The topological polar surface area (TPSA) is 18.5 Å². The Bertz CT molecular complexity index is 411. The fourth-order valence-corrected chi connectivity index (χ4v) is 3.05. The highest BCUT2D eigenvalue weighted by molar-refractivity contribution is 9.08. The number of rotatable bonds is 6. The molecule has 0 amide bonds. The summed E-state index contributed by atoms with van der Waals surface area (Å²) in [6, 6.07) is 6.17. The average Bonchev–Trinajstić information content (AvgIpc) is 2.48. The minimum Gasteiger partial charge on any atom is -0.493 e. The van der Waals surface area contributed by atoms with Crippen LogP contribution in [0.15, 0.2) is 18.2 Å². The normalized spacial score (nSPS) is 22.6. The third-order valence-corrected chi connectivity index (χ3v) is 4.52. The van der Waals surface area contributed by atoms with Gasteiger partial charge < -0.3 is 9.47 Å². The number of alkyl halides is 1. The molecule has 1 aromatic rings. The zero-order valence-electron chi connectivity index (χ0n) is 12.5. The Morgan fingerprint density at radius 3 is 2.60 bits per heavy atom. The molecule has 0 heterocycles. The highest BCUT2D eigenvalue weighted by atomic mass is 79.9. The molecule has 0 radical (unpaired) electrons. The fourth-order valence-electron chi connectivity index (χ4n) is 2.59. The lowest BCUT2D eigenvalue weighted by molar-refractivity contribution is 0.134. The monoisotopic (exact) mass is 340 g/mol. The lowest BCUT2D eigenvalue weighted by Gasteiger charge is -2.27. The maximum absolute atomic E-state index is 6.24. The average molecular weight is 341 g/mol. The molecule has 112 valence electrons. The van der Waals surface area contributed by atoms with Gasteiger partial charge in [0.15, 0.2) is 0 Å². The van der Waals surface area contributed by atoms with Crippen LogP contribution in [0.2, 0.25) is 0 Å². The van der Waals surface area contributed by atoms with Crippen molar-refractivity contribution in [3.8, 4) is 11.5 Å².